The number of nitrogens with one attached hydrogen (secondary N) is 1. The number of aromatic hydroxyl groups is 1. The van der Waals surface area contributed by atoms with Crippen molar-refractivity contribution in [2.75, 3.05) is 11.9 Å². The van der Waals surface area contributed by atoms with Crippen LogP contribution in [0.3, 0.4) is 0 Å². The second-order valence-corrected chi connectivity index (χ2v) is 2.75. The number of phenols is 1. The van der Waals surface area contributed by atoms with E-state index in [9.17, 15) is 9.90 Å². The minimum Gasteiger partial charge on any atom is -0.508 e. The van der Waals surface area contributed by atoms with Gasteiger partial charge in [-0.2, -0.15) is 0 Å². The molecule has 1 aromatic rings. The van der Waals surface area contributed by atoms with Crippen LogP contribution in [-0.2, 0) is 4.79 Å². The molecule has 0 aliphatic carbocycles. The predicted molar refractivity (Wildman–Crippen MR) is 50.5 cm³/mol. The zero-order valence-electron chi connectivity index (χ0n) is 7.37. The van der Waals surface area contributed by atoms with E-state index in [2.05, 4.69) is 5.32 Å². The molecule has 1 amide bonds. The quantitative estimate of drug-likeness (QED) is 0.583. The summed E-state index contributed by atoms with van der Waals surface area (Å²) >= 11 is 0. The van der Waals surface area contributed by atoms with Crippen LogP contribution in [0.15, 0.2) is 18.2 Å². The molecule has 1 aromatic carbocycles. The molecule has 0 aliphatic heterocycles. The van der Waals surface area contributed by atoms with E-state index in [0.717, 1.165) is 5.56 Å². The van der Waals surface area contributed by atoms with E-state index in [0.29, 0.717) is 5.69 Å². The third kappa shape index (κ3) is 2.45. The SMILES string of the molecule is Cc1cc(NC(=O)CN)ccc1O. The average molecular weight is 180 g/mol. The zero-order valence-corrected chi connectivity index (χ0v) is 7.37. The molecule has 4 heteroatoms. The van der Waals surface area contributed by atoms with Gasteiger partial charge in [-0.15, -0.1) is 0 Å². The van der Waals surface area contributed by atoms with Gasteiger partial charge in [0.15, 0.2) is 0 Å². The molecule has 0 radical (unpaired) electrons. The average Bonchev–Trinajstić information content (AvgIpc) is 2.11. The first-order valence-corrected chi connectivity index (χ1v) is 3.93. The van der Waals surface area contributed by atoms with Gasteiger partial charge in [0.25, 0.3) is 0 Å². The van der Waals surface area contributed by atoms with E-state index in [-0.39, 0.29) is 18.2 Å². The second kappa shape index (κ2) is 3.91. The lowest BCUT2D eigenvalue weighted by atomic mass is 10.2. The van der Waals surface area contributed by atoms with Crippen LogP contribution in [-0.4, -0.2) is 17.6 Å². The van der Waals surface area contributed by atoms with E-state index < -0.39 is 0 Å². The van der Waals surface area contributed by atoms with E-state index in [1.54, 1.807) is 19.1 Å². The molecule has 4 N–H and O–H groups in total. The summed E-state index contributed by atoms with van der Waals surface area (Å²) in [7, 11) is 0. The first-order chi connectivity index (χ1) is 6.13. The topological polar surface area (TPSA) is 75.4 Å². The fourth-order valence-electron chi connectivity index (χ4n) is 0.945. The van der Waals surface area contributed by atoms with Crippen molar-refractivity contribution in [3.05, 3.63) is 23.8 Å². The molecular formula is C9H12N2O2. The molecule has 13 heavy (non-hydrogen) atoms. The molecule has 0 saturated heterocycles. The van der Waals surface area contributed by atoms with Crippen molar-refractivity contribution in [1.82, 2.24) is 0 Å². The molecule has 1 rings (SSSR count). The maximum absolute atomic E-state index is 10.9. The summed E-state index contributed by atoms with van der Waals surface area (Å²) in [6.45, 7) is 1.72. The molecule has 0 fully saturated rings. The number of nitrogens with two attached hydrogens (primary N) is 1. The maximum atomic E-state index is 10.9. The molecule has 0 bridgehead atoms. The van der Waals surface area contributed by atoms with Gasteiger partial charge in [0.05, 0.1) is 6.54 Å². The molecule has 70 valence electrons. The van der Waals surface area contributed by atoms with Crippen LogP contribution in [0, 0.1) is 6.92 Å². The van der Waals surface area contributed by atoms with Crippen LogP contribution in [0.5, 0.6) is 5.75 Å². The number of carbonyl (C=O) groups excluding carboxylic acids is 1. The van der Waals surface area contributed by atoms with Gasteiger partial charge >= 0.3 is 0 Å². The van der Waals surface area contributed by atoms with Crippen molar-refractivity contribution < 1.29 is 9.90 Å². The van der Waals surface area contributed by atoms with Crippen molar-refractivity contribution in [3.8, 4) is 5.75 Å². The Labute approximate surface area is 76.4 Å². The Kier molecular flexibility index (Phi) is 2.87. The van der Waals surface area contributed by atoms with Crippen LogP contribution in [0.2, 0.25) is 0 Å². The molecule has 0 aliphatic rings. The Bertz CT molecular complexity index is 323. The van der Waals surface area contributed by atoms with Gasteiger partial charge in [-0.05, 0) is 30.7 Å². The number of aryl methyl sites for hydroxylation is 1. The number of rotatable bonds is 2. The Morgan fingerprint density at radius 1 is 1.62 bits per heavy atom. The fraction of sp³-hybridized carbons (Fsp3) is 0.222. The fourth-order valence-corrected chi connectivity index (χ4v) is 0.945. The van der Waals surface area contributed by atoms with Crippen molar-refractivity contribution in [1.29, 1.82) is 0 Å². The normalized spacial score (nSPS) is 9.69. The maximum Gasteiger partial charge on any atom is 0.238 e. The Morgan fingerprint density at radius 3 is 2.85 bits per heavy atom. The summed E-state index contributed by atoms with van der Waals surface area (Å²) < 4.78 is 0. The minimum absolute atomic E-state index is 0.0417. The number of hydrogen-bond acceptors (Lipinski definition) is 3. The van der Waals surface area contributed by atoms with Gasteiger partial charge in [-0.1, -0.05) is 0 Å². The Hall–Kier alpha value is -1.55. The van der Waals surface area contributed by atoms with Crippen LogP contribution < -0.4 is 11.1 Å². The van der Waals surface area contributed by atoms with Crippen LogP contribution >= 0.6 is 0 Å². The molecule has 4 nitrogen and oxygen atoms in total. The highest BCUT2D eigenvalue weighted by Crippen LogP contribution is 2.19. The van der Waals surface area contributed by atoms with Gasteiger partial charge in [0, 0.05) is 5.69 Å². The number of hydrogen-bond donors (Lipinski definition) is 3. The first-order valence-electron chi connectivity index (χ1n) is 3.93. The van der Waals surface area contributed by atoms with Crippen LogP contribution in [0.1, 0.15) is 5.56 Å². The van der Waals surface area contributed by atoms with Crippen molar-refractivity contribution in [2.24, 2.45) is 5.73 Å². The summed E-state index contributed by atoms with van der Waals surface area (Å²) in [6, 6.07) is 4.83. The van der Waals surface area contributed by atoms with Crippen LogP contribution in [0.25, 0.3) is 0 Å². The van der Waals surface area contributed by atoms with E-state index >= 15 is 0 Å². The van der Waals surface area contributed by atoms with E-state index in [1.807, 2.05) is 0 Å². The highest BCUT2D eigenvalue weighted by Gasteiger charge is 2.00. The van der Waals surface area contributed by atoms with Crippen molar-refractivity contribution in [2.45, 2.75) is 6.92 Å². The standard InChI is InChI=1S/C9H12N2O2/c1-6-4-7(2-3-8(6)12)11-9(13)5-10/h2-4,12H,5,10H2,1H3,(H,11,13). The monoisotopic (exact) mass is 180 g/mol. The highest BCUT2D eigenvalue weighted by molar-refractivity contribution is 5.92. The summed E-state index contributed by atoms with van der Waals surface area (Å²) in [5.74, 6) is -0.0316. The Balaban J connectivity index is 2.79. The first kappa shape index (κ1) is 9.54. The summed E-state index contributed by atoms with van der Waals surface area (Å²) in [4.78, 5) is 10.9. The summed E-state index contributed by atoms with van der Waals surface area (Å²) in [5, 5.41) is 11.8. The molecule has 0 aromatic heterocycles. The molecule has 0 atom stereocenters. The van der Waals surface area contributed by atoms with Gasteiger partial charge in [0.2, 0.25) is 5.91 Å². The molecule has 0 heterocycles. The third-order valence-corrected chi connectivity index (χ3v) is 1.67. The minimum atomic E-state index is -0.245. The number of benzene rings is 1. The van der Waals surface area contributed by atoms with E-state index in [1.165, 1.54) is 6.07 Å². The number of anilines is 1. The van der Waals surface area contributed by atoms with Crippen LogP contribution in [0.4, 0.5) is 5.69 Å². The lowest BCUT2D eigenvalue weighted by Crippen LogP contribution is -2.21. The third-order valence-electron chi connectivity index (χ3n) is 1.67. The molecular weight excluding hydrogens is 168 g/mol. The lowest BCUT2D eigenvalue weighted by molar-refractivity contribution is -0.114. The van der Waals surface area contributed by atoms with Gasteiger partial charge < -0.3 is 16.2 Å². The van der Waals surface area contributed by atoms with Crippen molar-refractivity contribution in [3.63, 3.8) is 0 Å². The van der Waals surface area contributed by atoms with Gasteiger partial charge in [-0.25, -0.2) is 0 Å². The lowest BCUT2D eigenvalue weighted by Gasteiger charge is -2.05. The summed E-state index contributed by atoms with van der Waals surface area (Å²) in [6.07, 6.45) is 0. The smallest absolute Gasteiger partial charge is 0.238 e. The van der Waals surface area contributed by atoms with Crippen molar-refractivity contribution >= 4 is 11.6 Å². The molecule has 0 unspecified atom stereocenters. The number of amides is 1. The Morgan fingerprint density at radius 2 is 2.31 bits per heavy atom. The highest BCUT2D eigenvalue weighted by atomic mass is 16.3. The molecule has 0 saturated carbocycles. The number of phenolic OH excluding ortho intramolecular Hbond substituents is 1. The number of carbonyl (C=O) groups is 1. The van der Waals surface area contributed by atoms with Gasteiger partial charge in [0.1, 0.15) is 5.75 Å². The predicted octanol–water partition coefficient (Wildman–Crippen LogP) is 0.598. The second-order valence-electron chi connectivity index (χ2n) is 2.75. The zero-order chi connectivity index (χ0) is 9.84. The largest absolute Gasteiger partial charge is 0.508 e. The summed E-state index contributed by atoms with van der Waals surface area (Å²) in [5.41, 5.74) is 6.49. The molecule has 0 spiro atoms. The van der Waals surface area contributed by atoms with Gasteiger partial charge in [-0.3, -0.25) is 4.79 Å². The van der Waals surface area contributed by atoms with E-state index in [4.69, 9.17) is 5.73 Å².